The number of likely N-dealkylation sites (tertiary alicyclic amines) is 5. The maximum absolute atomic E-state index is 12.9. The zero-order chi connectivity index (χ0) is 57.8. The third-order valence-electron chi connectivity index (χ3n) is 14.4. The van der Waals surface area contributed by atoms with Crippen LogP contribution in [0, 0.1) is 7.43 Å². The maximum Gasteiger partial charge on any atom is 0.411 e. The zero-order valence-corrected chi connectivity index (χ0v) is 47.3. The van der Waals surface area contributed by atoms with Gasteiger partial charge >= 0.3 is 30.1 Å². The number of β-lactam (4-membered cyclic amide) rings is 3. The van der Waals surface area contributed by atoms with Gasteiger partial charge in [0, 0.05) is 55.3 Å². The molecule has 6 fully saturated rings. The van der Waals surface area contributed by atoms with Crippen molar-refractivity contribution in [1.29, 1.82) is 0 Å². The largest absolute Gasteiger partial charge is 0.480 e. The van der Waals surface area contributed by atoms with Crippen molar-refractivity contribution in [2.45, 2.75) is 120 Å². The molecule has 6 aliphatic heterocycles. The van der Waals surface area contributed by atoms with E-state index in [2.05, 4.69) is 16.0 Å². The summed E-state index contributed by atoms with van der Waals surface area (Å²) < 4.78 is 20.5. The van der Waals surface area contributed by atoms with Crippen LogP contribution in [0.1, 0.15) is 78.8 Å². The molecule has 28 heteroatoms. The summed E-state index contributed by atoms with van der Waals surface area (Å²) in [5.41, 5.74) is 9.82. The fourth-order valence-electron chi connectivity index (χ4n) is 10.6. The van der Waals surface area contributed by atoms with Crippen molar-refractivity contribution in [3.63, 3.8) is 0 Å². The van der Waals surface area contributed by atoms with Gasteiger partial charge in [-0.05, 0) is 70.0 Å². The number of hydrogen-bond acceptors (Lipinski definition) is 17. The van der Waals surface area contributed by atoms with E-state index < -0.39 is 94.6 Å². The number of benzene rings is 2. The quantitative estimate of drug-likeness (QED) is 0.0363. The van der Waals surface area contributed by atoms with Crippen molar-refractivity contribution in [2.24, 2.45) is 11.5 Å². The first-order valence-electron chi connectivity index (χ1n) is 25.8. The van der Waals surface area contributed by atoms with Gasteiger partial charge in [-0.3, -0.25) is 57.7 Å². The minimum atomic E-state index is -1.23. The molecule has 0 saturated carbocycles. The number of nitrogens with zero attached hydrogens (tertiary/aromatic N) is 5. The number of rotatable bonds is 18. The molecule has 9 amide bonds. The SMILES string of the molecule is CC(=O)O[C@H](C)[C@H](NC(=O)CN1CC2(CCCN2)C1=O)C(N)=O.CC(=O)O[C@H](C)[C@H](NC(=O)CN1CC2(CCCN2C(=O)OCc2ccccc2)C1=O)C(N)=O.O=C(O)CN1CC2(CCCN2C(=O)OCc2ccccc2)C1=O.[CH3-].[HH].[Pd]. The summed E-state index contributed by atoms with van der Waals surface area (Å²) in [6.45, 7) is 7.28. The first-order valence-corrected chi connectivity index (χ1v) is 25.8. The van der Waals surface area contributed by atoms with Crippen LogP contribution in [0.2, 0.25) is 0 Å². The van der Waals surface area contributed by atoms with E-state index in [4.69, 9.17) is 35.5 Å². The minimum Gasteiger partial charge on any atom is -0.480 e. The molecule has 3 spiro atoms. The number of amides is 9. The summed E-state index contributed by atoms with van der Waals surface area (Å²) in [5.74, 6) is -5.83. The van der Waals surface area contributed by atoms with Crippen LogP contribution in [0.5, 0.6) is 0 Å². The molecule has 0 radical (unpaired) electrons. The molecule has 6 saturated heterocycles. The molecule has 2 aromatic rings. The second-order valence-corrected chi connectivity index (χ2v) is 20.2. The zero-order valence-electron chi connectivity index (χ0n) is 45.8. The maximum atomic E-state index is 12.9. The van der Waals surface area contributed by atoms with Gasteiger partial charge < -0.3 is 73.6 Å². The van der Waals surface area contributed by atoms with E-state index in [0.29, 0.717) is 45.3 Å². The van der Waals surface area contributed by atoms with Crippen LogP contribution >= 0.6 is 0 Å². The molecule has 8 rings (SSSR count). The third-order valence-corrected chi connectivity index (χ3v) is 14.4. The summed E-state index contributed by atoms with van der Waals surface area (Å²) in [7, 11) is 0. The molecular weight excluding hydrogens is 1160 g/mol. The number of carbonyl (C=O) groups is 12. The fourth-order valence-corrected chi connectivity index (χ4v) is 10.6. The molecule has 27 nitrogen and oxygen atoms in total. The van der Waals surface area contributed by atoms with E-state index in [0.717, 1.165) is 30.5 Å². The van der Waals surface area contributed by atoms with Crippen molar-refractivity contribution in [3.05, 3.63) is 79.2 Å². The van der Waals surface area contributed by atoms with Gasteiger partial charge in [0.15, 0.2) is 0 Å². The van der Waals surface area contributed by atoms with Crippen molar-refractivity contribution < 1.29 is 103 Å². The van der Waals surface area contributed by atoms with Gasteiger partial charge in [-0.25, -0.2) is 9.59 Å². The van der Waals surface area contributed by atoms with Gasteiger partial charge in [0.25, 0.3) is 11.8 Å². The van der Waals surface area contributed by atoms with Crippen LogP contribution in [0.15, 0.2) is 60.7 Å². The van der Waals surface area contributed by atoms with Crippen LogP contribution in [0.4, 0.5) is 9.59 Å². The van der Waals surface area contributed by atoms with Gasteiger partial charge in [-0.2, -0.15) is 0 Å². The first-order chi connectivity index (χ1) is 37.4. The molecule has 0 aromatic heterocycles. The Morgan fingerprint density at radius 2 is 1.01 bits per heavy atom. The molecule has 2 aromatic carbocycles. The third kappa shape index (κ3) is 15.8. The molecule has 8 N–H and O–H groups in total. The molecule has 448 valence electrons. The minimum absolute atomic E-state index is 0. The Hall–Kier alpha value is -7.70. The van der Waals surface area contributed by atoms with Crippen LogP contribution < -0.4 is 27.4 Å². The number of nitrogens with one attached hydrogen (secondary N) is 3. The predicted molar refractivity (Wildman–Crippen MR) is 281 cm³/mol. The average molecular weight is 1230 g/mol. The predicted octanol–water partition coefficient (Wildman–Crippen LogP) is -0.427. The van der Waals surface area contributed by atoms with E-state index in [1.807, 2.05) is 60.7 Å². The number of hydrogen-bond donors (Lipinski definition) is 6. The number of carbonyl (C=O) groups excluding carboxylic acids is 11. The van der Waals surface area contributed by atoms with Crippen LogP contribution in [-0.2, 0) is 101 Å². The second-order valence-electron chi connectivity index (χ2n) is 20.2. The monoisotopic (exact) mass is 1230 g/mol. The number of carboxylic acids is 1. The van der Waals surface area contributed by atoms with Gasteiger partial charge in [-0.1, -0.05) is 60.7 Å². The second kappa shape index (κ2) is 28.6. The number of carboxylic acid groups (broad SMARTS) is 1. The van der Waals surface area contributed by atoms with Crippen LogP contribution in [0.25, 0.3) is 0 Å². The molecule has 6 heterocycles. The number of primary amides is 2. The Morgan fingerprint density at radius 3 is 1.35 bits per heavy atom. The van der Waals surface area contributed by atoms with Crippen LogP contribution in [0.3, 0.4) is 0 Å². The molecule has 81 heavy (non-hydrogen) atoms. The summed E-state index contributed by atoms with van der Waals surface area (Å²) in [5, 5.41) is 16.8. The summed E-state index contributed by atoms with van der Waals surface area (Å²) >= 11 is 0. The summed E-state index contributed by atoms with van der Waals surface area (Å²) in [4.78, 5) is 150. The van der Waals surface area contributed by atoms with Crippen molar-refractivity contribution in [1.82, 2.24) is 40.4 Å². The summed E-state index contributed by atoms with van der Waals surface area (Å²) in [6, 6.07) is 16.2. The van der Waals surface area contributed by atoms with Gasteiger partial charge in [0.05, 0.1) is 26.2 Å². The molecule has 7 atom stereocenters. The average Bonchev–Trinajstić information content (AvgIpc) is 4.39. The standard InChI is InChI=1S/C22H28N4O7.C16H18N2O5.C14H22N4O5.CH3.Pd.H2/c1-14(33-15(2)27)18(19(23)29)24-17(28)11-25-13-22(20(25)30)9-6-10-26(22)21(31)32-12-16-7-4-3-5-8-16;19-13(20)9-17-11-16(14(17)21)7-4-8-18(16)15(22)23-10-12-5-2-1-3-6-12;1-8(23-9(2)19)11(12(15)21)17-10(20)6-18-7-14(13(18)22)4-3-5-16-14;;;/h3-5,7-8,14,18H,6,9-13H2,1-2H3,(H2,23,29)(H,24,28);1-3,5-6H,4,7-11H2,(H,19,20);8,11,16H,3-7H2,1-2H3,(H2,15,21)(H,17,20);1H3;;1H/q;;;-1;;/t14-,18+,22?;;8-,11+,14?;;;/m1.1.../s1. The van der Waals surface area contributed by atoms with Gasteiger partial charge in [0.2, 0.25) is 29.5 Å². The Morgan fingerprint density at radius 1 is 0.617 bits per heavy atom. The molecule has 6 aliphatic rings. The first kappa shape index (κ1) is 65.8. The van der Waals surface area contributed by atoms with Crippen molar-refractivity contribution in [3.8, 4) is 0 Å². The molecule has 0 aliphatic carbocycles. The van der Waals surface area contributed by atoms with Gasteiger partial charge in [-0.15, -0.1) is 0 Å². The number of nitrogens with two attached hydrogens (primary N) is 2. The summed E-state index contributed by atoms with van der Waals surface area (Å²) in [6.07, 6.45) is 1.18. The normalized spacial score (nSPS) is 22.5. The van der Waals surface area contributed by atoms with Gasteiger partial charge in [0.1, 0.15) is 60.7 Å². The Balaban J connectivity index is 0.000000324. The number of aliphatic carboxylic acids is 1. The Bertz CT molecular complexity index is 2670. The molecule has 3 unspecified atom stereocenters. The topological polar surface area (TPSA) is 366 Å². The van der Waals surface area contributed by atoms with E-state index in [1.54, 1.807) is 0 Å². The van der Waals surface area contributed by atoms with E-state index >= 15 is 0 Å². The number of esters is 2. The fraction of sp³-hybridized carbons (Fsp3) is 0.528. The molecule has 0 bridgehead atoms. The number of ether oxygens (including phenoxy) is 4. The van der Waals surface area contributed by atoms with Crippen molar-refractivity contribution in [2.75, 3.05) is 58.9 Å². The van der Waals surface area contributed by atoms with E-state index in [9.17, 15) is 57.5 Å². The molecular formula is C53H73N10O17Pd-. The Kier molecular flexibility index (Phi) is 23.3. The smallest absolute Gasteiger partial charge is 0.411 e. The van der Waals surface area contributed by atoms with E-state index in [-0.39, 0.29) is 92.9 Å². The van der Waals surface area contributed by atoms with E-state index in [1.165, 1.54) is 52.2 Å². The van der Waals surface area contributed by atoms with Crippen molar-refractivity contribution >= 4 is 71.4 Å². The Labute approximate surface area is 483 Å². The van der Waals surface area contributed by atoms with Crippen LogP contribution in [-0.4, -0.2) is 201 Å².